The normalized spacial score (nSPS) is 29.3. The highest BCUT2D eigenvalue weighted by Gasteiger charge is 2.28. The minimum absolute atomic E-state index is 0.186. The molecule has 1 saturated heterocycles. The number of aliphatic hydroxyl groups excluding tert-OH is 1. The van der Waals surface area contributed by atoms with Gasteiger partial charge in [0.25, 0.3) is 0 Å². The van der Waals surface area contributed by atoms with Gasteiger partial charge in [0.05, 0.1) is 6.61 Å². The monoisotopic (exact) mass is 222 g/mol. The Kier molecular flexibility index (Phi) is 2.69. The number of fused-ring (bicyclic) bond motifs is 1. The maximum absolute atomic E-state index is 9.34. The average molecular weight is 222 g/mol. The van der Waals surface area contributed by atoms with E-state index in [2.05, 4.69) is 9.55 Å². The fourth-order valence-corrected chi connectivity index (χ4v) is 2.84. The highest BCUT2D eigenvalue weighted by Crippen LogP contribution is 2.33. The van der Waals surface area contributed by atoms with Gasteiger partial charge in [-0.1, -0.05) is 0 Å². The number of aliphatic hydroxyl groups is 1. The van der Waals surface area contributed by atoms with E-state index >= 15 is 0 Å². The molecule has 0 aliphatic carbocycles. The average Bonchev–Trinajstić information content (AvgIpc) is 2.96. The Labute approximate surface area is 95.3 Å². The van der Waals surface area contributed by atoms with Gasteiger partial charge in [-0.3, -0.25) is 0 Å². The van der Waals surface area contributed by atoms with Gasteiger partial charge < -0.3 is 14.4 Å². The van der Waals surface area contributed by atoms with Crippen LogP contribution in [-0.2, 0) is 11.3 Å². The fraction of sp³-hybridized carbons (Fsp3) is 0.750. The molecule has 4 heteroatoms. The van der Waals surface area contributed by atoms with E-state index in [0.29, 0.717) is 0 Å². The number of rotatable bonds is 2. The van der Waals surface area contributed by atoms with Crippen molar-refractivity contribution >= 4 is 0 Å². The molecule has 1 fully saturated rings. The summed E-state index contributed by atoms with van der Waals surface area (Å²) in [7, 11) is 0. The van der Waals surface area contributed by atoms with Gasteiger partial charge in [0.1, 0.15) is 11.9 Å². The van der Waals surface area contributed by atoms with Crippen LogP contribution < -0.4 is 0 Å². The van der Waals surface area contributed by atoms with E-state index in [1.165, 1.54) is 5.69 Å². The third-order valence-corrected chi connectivity index (χ3v) is 3.71. The zero-order valence-electron chi connectivity index (χ0n) is 9.43. The maximum atomic E-state index is 9.34. The first-order chi connectivity index (χ1) is 7.90. The first kappa shape index (κ1) is 10.3. The Morgan fingerprint density at radius 2 is 2.38 bits per heavy atom. The van der Waals surface area contributed by atoms with E-state index in [4.69, 9.17) is 4.74 Å². The second-order valence-electron chi connectivity index (χ2n) is 4.72. The molecule has 0 spiro atoms. The summed E-state index contributed by atoms with van der Waals surface area (Å²) in [6.45, 7) is 2.12. The zero-order chi connectivity index (χ0) is 11.0. The molecule has 0 saturated carbocycles. The SMILES string of the molecule is OCC1CCCn2c1cnc2C1CCCO1. The smallest absolute Gasteiger partial charge is 0.138 e. The number of hydrogen-bond donors (Lipinski definition) is 1. The molecule has 1 N–H and O–H groups in total. The Balaban J connectivity index is 1.93. The van der Waals surface area contributed by atoms with Gasteiger partial charge in [0.15, 0.2) is 0 Å². The van der Waals surface area contributed by atoms with Gasteiger partial charge in [-0.15, -0.1) is 0 Å². The molecule has 2 aliphatic heterocycles. The third-order valence-electron chi connectivity index (χ3n) is 3.71. The standard InChI is InChI=1S/C12H18N2O2/c15-8-9-3-1-5-14-10(9)7-13-12(14)11-4-2-6-16-11/h7,9,11,15H,1-6,8H2. The lowest BCUT2D eigenvalue weighted by Crippen LogP contribution is -2.20. The van der Waals surface area contributed by atoms with Crippen molar-refractivity contribution in [3.05, 3.63) is 17.7 Å². The highest BCUT2D eigenvalue weighted by molar-refractivity contribution is 5.15. The van der Waals surface area contributed by atoms with Crippen LogP contribution in [0.4, 0.5) is 0 Å². The Hall–Kier alpha value is -0.870. The Morgan fingerprint density at radius 3 is 3.12 bits per heavy atom. The zero-order valence-corrected chi connectivity index (χ0v) is 9.43. The largest absolute Gasteiger partial charge is 0.396 e. The number of ether oxygens (including phenoxy) is 1. The molecule has 1 aromatic rings. The van der Waals surface area contributed by atoms with E-state index in [1.807, 2.05) is 6.20 Å². The molecular formula is C12H18N2O2. The van der Waals surface area contributed by atoms with E-state index in [1.54, 1.807) is 0 Å². The lowest BCUT2D eigenvalue weighted by molar-refractivity contribution is 0.100. The van der Waals surface area contributed by atoms with E-state index < -0.39 is 0 Å². The van der Waals surface area contributed by atoms with E-state index in [9.17, 15) is 5.11 Å². The Morgan fingerprint density at radius 1 is 1.44 bits per heavy atom. The predicted molar refractivity (Wildman–Crippen MR) is 59.2 cm³/mol. The van der Waals surface area contributed by atoms with Crippen molar-refractivity contribution < 1.29 is 9.84 Å². The van der Waals surface area contributed by atoms with Crippen molar-refractivity contribution in [2.45, 2.75) is 44.2 Å². The van der Waals surface area contributed by atoms with Crippen molar-refractivity contribution in [2.75, 3.05) is 13.2 Å². The number of nitrogens with zero attached hydrogens (tertiary/aromatic N) is 2. The van der Waals surface area contributed by atoms with Crippen LogP contribution in [0.5, 0.6) is 0 Å². The number of hydrogen-bond acceptors (Lipinski definition) is 3. The van der Waals surface area contributed by atoms with Crippen LogP contribution in [0.15, 0.2) is 6.20 Å². The minimum Gasteiger partial charge on any atom is -0.396 e. The highest BCUT2D eigenvalue weighted by atomic mass is 16.5. The quantitative estimate of drug-likeness (QED) is 0.827. The molecule has 0 amide bonds. The van der Waals surface area contributed by atoms with Crippen LogP contribution in [0.3, 0.4) is 0 Å². The first-order valence-corrected chi connectivity index (χ1v) is 6.18. The van der Waals surface area contributed by atoms with Crippen molar-refractivity contribution in [2.24, 2.45) is 0 Å². The molecule has 3 heterocycles. The van der Waals surface area contributed by atoms with Gasteiger partial charge in [-0.05, 0) is 25.7 Å². The molecule has 4 nitrogen and oxygen atoms in total. The van der Waals surface area contributed by atoms with Crippen LogP contribution >= 0.6 is 0 Å². The second kappa shape index (κ2) is 4.18. The van der Waals surface area contributed by atoms with Crippen LogP contribution in [-0.4, -0.2) is 27.9 Å². The van der Waals surface area contributed by atoms with Gasteiger partial charge in [0, 0.05) is 31.0 Å². The van der Waals surface area contributed by atoms with Crippen molar-refractivity contribution in [1.29, 1.82) is 0 Å². The molecule has 2 atom stereocenters. The number of imidazole rings is 1. The summed E-state index contributed by atoms with van der Waals surface area (Å²) in [5.41, 5.74) is 1.19. The third kappa shape index (κ3) is 1.57. The van der Waals surface area contributed by atoms with Crippen LogP contribution in [0, 0.1) is 0 Å². The molecule has 1 aromatic heterocycles. The lowest BCUT2D eigenvalue weighted by Gasteiger charge is -2.24. The van der Waals surface area contributed by atoms with Crippen LogP contribution in [0.25, 0.3) is 0 Å². The van der Waals surface area contributed by atoms with E-state index in [0.717, 1.165) is 44.7 Å². The van der Waals surface area contributed by atoms with Gasteiger partial charge in [-0.2, -0.15) is 0 Å². The van der Waals surface area contributed by atoms with Crippen LogP contribution in [0.1, 0.15) is 49.2 Å². The van der Waals surface area contributed by atoms with E-state index in [-0.39, 0.29) is 18.6 Å². The summed E-state index contributed by atoms with van der Waals surface area (Å²) in [6.07, 6.45) is 6.54. The van der Waals surface area contributed by atoms with Gasteiger partial charge in [-0.25, -0.2) is 4.98 Å². The summed E-state index contributed by atoms with van der Waals surface area (Å²) in [6, 6.07) is 0. The minimum atomic E-state index is 0.186. The van der Waals surface area contributed by atoms with Gasteiger partial charge in [0.2, 0.25) is 0 Å². The topological polar surface area (TPSA) is 47.3 Å². The molecule has 0 bridgehead atoms. The molecule has 0 radical (unpaired) electrons. The fourth-order valence-electron chi connectivity index (χ4n) is 2.84. The second-order valence-corrected chi connectivity index (χ2v) is 4.72. The molecule has 3 rings (SSSR count). The Bertz CT molecular complexity index is 369. The lowest BCUT2D eigenvalue weighted by atomic mass is 9.97. The maximum Gasteiger partial charge on any atom is 0.138 e. The summed E-state index contributed by atoms with van der Waals surface area (Å²) in [5, 5.41) is 9.34. The molecule has 88 valence electrons. The number of aromatic nitrogens is 2. The summed E-state index contributed by atoms with van der Waals surface area (Å²) in [4.78, 5) is 4.50. The first-order valence-electron chi connectivity index (χ1n) is 6.18. The summed E-state index contributed by atoms with van der Waals surface area (Å²) >= 11 is 0. The molecule has 2 unspecified atom stereocenters. The molecule has 16 heavy (non-hydrogen) atoms. The molecular weight excluding hydrogens is 204 g/mol. The van der Waals surface area contributed by atoms with Gasteiger partial charge >= 0.3 is 0 Å². The van der Waals surface area contributed by atoms with Crippen molar-refractivity contribution in [1.82, 2.24) is 9.55 Å². The van der Waals surface area contributed by atoms with Crippen LogP contribution in [0.2, 0.25) is 0 Å². The van der Waals surface area contributed by atoms with Crippen molar-refractivity contribution in [3.63, 3.8) is 0 Å². The van der Waals surface area contributed by atoms with Crippen molar-refractivity contribution in [3.8, 4) is 0 Å². The molecule has 0 aromatic carbocycles. The molecule has 2 aliphatic rings. The summed E-state index contributed by atoms with van der Waals surface area (Å²) < 4.78 is 7.95. The summed E-state index contributed by atoms with van der Waals surface area (Å²) in [5.74, 6) is 1.35. The predicted octanol–water partition coefficient (Wildman–Crippen LogP) is 1.60.